The zero-order valence-electron chi connectivity index (χ0n) is 9.29. The van der Waals surface area contributed by atoms with E-state index in [-0.39, 0.29) is 0 Å². The number of nitrogens with zero attached hydrogens (tertiary/aromatic N) is 1. The van der Waals surface area contributed by atoms with Crippen molar-refractivity contribution in [2.45, 2.75) is 19.4 Å². The molecular formula is C12H17BrN2O. The van der Waals surface area contributed by atoms with Crippen LogP contribution >= 0.6 is 15.9 Å². The summed E-state index contributed by atoms with van der Waals surface area (Å²) in [4.78, 5) is 4.14. The van der Waals surface area contributed by atoms with Crippen LogP contribution in [0.2, 0.25) is 0 Å². The molecule has 88 valence electrons. The second kappa shape index (κ2) is 6.33. The normalized spacial score (nSPS) is 20.9. The minimum Gasteiger partial charge on any atom is -0.381 e. The van der Waals surface area contributed by atoms with Gasteiger partial charge in [0.05, 0.1) is 6.61 Å². The Morgan fingerprint density at radius 2 is 2.44 bits per heavy atom. The Kier molecular flexibility index (Phi) is 4.75. The molecule has 16 heavy (non-hydrogen) atoms. The molecule has 0 spiro atoms. The monoisotopic (exact) mass is 284 g/mol. The fourth-order valence-electron chi connectivity index (χ4n) is 1.94. The lowest BCUT2D eigenvalue weighted by molar-refractivity contribution is 0.0547. The summed E-state index contributed by atoms with van der Waals surface area (Å²) in [6.07, 6.45) is 6.18. The highest BCUT2D eigenvalue weighted by Crippen LogP contribution is 2.13. The van der Waals surface area contributed by atoms with Crippen LogP contribution in [0, 0.1) is 5.92 Å². The van der Waals surface area contributed by atoms with Crippen LogP contribution < -0.4 is 5.32 Å². The molecule has 0 amide bonds. The Hall–Kier alpha value is -0.450. The van der Waals surface area contributed by atoms with E-state index < -0.39 is 0 Å². The molecule has 1 saturated heterocycles. The summed E-state index contributed by atoms with van der Waals surface area (Å²) < 4.78 is 6.48. The summed E-state index contributed by atoms with van der Waals surface area (Å²) in [7, 11) is 0. The van der Waals surface area contributed by atoms with Crippen LogP contribution in [0.25, 0.3) is 0 Å². The third-order valence-corrected chi connectivity index (χ3v) is 3.21. The molecule has 0 radical (unpaired) electrons. The molecule has 1 N–H and O–H groups in total. The van der Waals surface area contributed by atoms with Gasteiger partial charge in [0.2, 0.25) is 0 Å². The number of hydrogen-bond donors (Lipinski definition) is 1. The van der Waals surface area contributed by atoms with Crippen molar-refractivity contribution in [1.29, 1.82) is 0 Å². The number of pyridine rings is 1. The van der Waals surface area contributed by atoms with Crippen LogP contribution in [0.1, 0.15) is 18.4 Å². The van der Waals surface area contributed by atoms with Gasteiger partial charge in [-0.05, 0) is 46.3 Å². The molecule has 1 aromatic rings. The third-order valence-electron chi connectivity index (χ3n) is 2.78. The number of hydrogen-bond acceptors (Lipinski definition) is 3. The number of nitrogens with one attached hydrogen (secondary N) is 1. The van der Waals surface area contributed by atoms with Crippen LogP contribution in [0.15, 0.2) is 22.9 Å². The van der Waals surface area contributed by atoms with Crippen LogP contribution in [-0.2, 0) is 11.3 Å². The second-order valence-corrected chi connectivity index (χ2v) is 5.14. The molecule has 1 atom stereocenters. The van der Waals surface area contributed by atoms with Crippen LogP contribution in [-0.4, -0.2) is 24.7 Å². The highest BCUT2D eigenvalue weighted by Gasteiger charge is 2.12. The fraction of sp³-hybridized carbons (Fsp3) is 0.583. The summed E-state index contributed by atoms with van der Waals surface area (Å²) in [6.45, 7) is 3.76. The Morgan fingerprint density at radius 1 is 1.50 bits per heavy atom. The number of halogens is 1. The second-order valence-electron chi connectivity index (χ2n) is 4.23. The van der Waals surface area contributed by atoms with Gasteiger partial charge in [-0.1, -0.05) is 0 Å². The van der Waals surface area contributed by atoms with Gasteiger partial charge in [-0.15, -0.1) is 0 Å². The van der Waals surface area contributed by atoms with E-state index >= 15 is 0 Å². The van der Waals surface area contributed by atoms with Crippen molar-refractivity contribution in [2.24, 2.45) is 5.92 Å². The van der Waals surface area contributed by atoms with E-state index in [2.05, 4.69) is 32.3 Å². The van der Waals surface area contributed by atoms with Crippen molar-refractivity contribution in [3.63, 3.8) is 0 Å². The topological polar surface area (TPSA) is 34.2 Å². The molecule has 1 aliphatic rings. The Bertz CT molecular complexity index is 327. The van der Waals surface area contributed by atoms with Gasteiger partial charge in [-0.3, -0.25) is 4.98 Å². The molecule has 2 heterocycles. The Labute approximate surface area is 105 Å². The van der Waals surface area contributed by atoms with Crippen molar-refractivity contribution in [3.05, 3.63) is 28.5 Å². The van der Waals surface area contributed by atoms with E-state index in [9.17, 15) is 0 Å². The van der Waals surface area contributed by atoms with Crippen LogP contribution in [0.3, 0.4) is 0 Å². The van der Waals surface area contributed by atoms with E-state index in [1.807, 2.05) is 6.20 Å². The summed E-state index contributed by atoms with van der Waals surface area (Å²) in [6, 6.07) is 2.09. The van der Waals surface area contributed by atoms with E-state index in [1.165, 1.54) is 18.4 Å². The first-order valence-electron chi connectivity index (χ1n) is 5.72. The van der Waals surface area contributed by atoms with E-state index in [0.29, 0.717) is 5.92 Å². The molecule has 3 nitrogen and oxygen atoms in total. The van der Waals surface area contributed by atoms with E-state index in [4.69, 9.17) is 4.74 Å². The SMILES string of the molecule is Brc1cncc(CNCC2CCCOC2)c1. The molecule has 2 rings (SSSR count). The highest BCUT2D eigenvalue weighted by atomic mass is 79.9. The van der Waals surface area contributed by atoms with E-state index in [1.54, 1.807) is 6.20 Å². The van der Waals surface area contributed by atoms with Crippen molar-refractivity contribution < 1.29 is 4.74 Å². The maximum atomic E-state index is 5.44. The molecule has 1 aromatic heterocycles. The van der Waals surface area contributed by atoms with Gasteiger partial charge in [-0.2, -0.15) is 0 Å². The minimum atomic E-state index is 0.675. The number of ether oxygens (including phenoxy) is 1. The van der Waals surface area contributed by atoms with Crippen molar-refractivity contribution in [2.75, 3.05) is 19.8 Å². The van der Waals surface area contributed by atoms with Gasteiger partial charge < -0.3 is 10.1 Å². The maximum absolute atomic E-state index is 5.44. The molecule has 4 heteroatoms. The Balaban J connectivity index is 1.71. The number of rotatable bonds is 4. The van der Waals surface area contributed by atoms with Gasteiger partial charge in [0.25, 0.3) is 0 Å². The molecule has 1 fully saturated rings. The smallest absolute Gasteiger partial charge is 0.0506 e. The first kappa shape index (κ1) is 12.0. The molecule has 0 aliphatic carbocycles. The van der Waals surface area contributed by atoms with Gasteiger partial charge in [0.15, 0.2) is 0 Å². The fourth-order valence-corrected chi connectivity index (χ4v) is 2.35. The van der Waals surface area contributed by atoms with Crippen molar-refractivity contribution in [3.8, 4) is 0 Å². The van der Waals surface area contributed by atoms with Crippen molar-refractivity contribution in [1.82, 2.24) is 10.3 Å². The van der Waals surface area contributed by atoms with Crippen molar-refractivity contribution >= 4 is 15.9 Å². The van der Waals surface area contributed by atoms with Gasteiger partial charge in [0.1, 0.15) is 0 Å². The van der Waals surface area contributed by atoms with Crippen LogP contribution in [0.5, 0.6) is 0 Å². The van der Waals surface area contributed by atoms with Gasteiger partial charge >= 0.3 is 0 Å². The molecule has 0 aromatic carbocycles. The largest absolute Gasteiger partial charge is 0.381 e. The van der Waals surface area contributed by atoms with E-state index in [0.717, 1.165) is 30.8 Å². The zero-order chi connectivity index (χ0) is 11.2. The standard InChI is InChI=1S/C12H17BrN2O/c13-12-4-11(7-15-8-12)6-14-5-10-2-1-3-16-9-10/h4,7-8,10,14H,1-3,5-6,9H2. The number of aromatic nitrogens is 1. The Morgan fingerprint density at radius 3 is 3.19 bits per heavy atom. The molecule has 0 saturated carbocycles. The zero-order valence-corrected chi connectivity index (χ0v) is 10.9. The molecule has 1 unspecified atom stereocenters. The first-order chi connectivity index (χ1) is 7.84. The average molecular weight is 285 g/mol. The summed E-state index contributed by atoms with van der Waals surface area (Å²) in [5.74, 6) is 0.675. The lowest BCUT2D eigenvalue weighted by atomic mass is 10.0. The first-order valence-corrected chi connectivity index (χ1v) is 6.52. The van der Waals surface area contributed by atoms with Gasteiger partial charge in [-0.25, -0.2) is 0 Å². The van der Waals surface area contributed by atoms with Gasteiger partial charge in [0, 0.05) is 36.6 Å². The lowest BCUT2D eigenvalue weighted by Crippen LogP contribution is -2.28. The third kappa shape index (κ3) is 3.85. The summed E-state index contributed by atoms with van der Waals surface area (Å²) in [5.41, 5.74) is 1.21. The summed E-state index contributed by atoms with van der Waals surface area (Å²) >= 11 is 3.42. The molecular weight excluding hydrogens is 268 g/mol. The molecule has 0 bridgehead atoms. The lowest BCUT2D eigenvalue weighted by Gasteiger charge is -2.22. The minimum absolute atomic E-state index is 0.675. The predicted octanol–water partition coefficient (Wildman–Crippen LogP) is 2.36. The quantitative estimate of drug-likeness (QED) is 0.922. The predicted molar refractivity (Wildman–Crippen MR) is 67.2 cm³/mol. The summed E-state index contributed by atoms with van der Waals surface area (Å²) in [5, 5.41) is 3.46. The maximum Gasteiger partial charge on any atom is 0.0506 e. The molecule has 1 aliphatic heterocycles. The highest BCUT2D eigenvalue weighted by molar-refractivity contribution is 9.10. The van der Waals surface area contributed by atoms with Crippen LogP contribution in [0.4, 0.5) is 0 Å². The average Bonchev–Trinajstić information content (AvgIpc) is 2.30.